The van der Waals surface area contributed by atoms with Gasteiger partial charge in [-0.25, -0.2) is 0 Å². The van der Waals surface area contributed by atoms with Gasteiger partial charge in [0, 0.05) is 0 Å². The van der Waals surface area contributed by atoms with E-state index in [1.807, 2.05) is 0 Å². The van der Waals surface area contributed by atoms with Crippen LogP contribution < -0.4 is 0 Å². The van der Waals surface area contributed by atoms with E-state index in [-0.39, 0.29) is 0 Å². The topological polar surface area (TPSA) is 27.7 Å². The molecule has 0 spiro atoms. The fourth-order valence-electron chi connectivity index (χ4n) is 4.74. The summed E-state index contributed by atoms with van der Waals surface area (Å²) in [5.41, 5.74) is 0. The Morgan fingerprint density at radius 3 is 0.633 bits per heavy atom. The standard InChI is InChI=1S/6C4H9.3O.3Sn/c6*1-3-4-2;;;;;;/h6*1,3-4H2,2H3;;;;;;. The third kappa shape index (κ3) is 10.3. The van der Waals surface area contributed by atoms with Crippen LogP contribution in [-0.4, -0.2) is 57.6 Å². The zero-order valence-corrected chi connectivity index (χ0v) is 30.0. The minimum absolute atomic E-state index is 1.28. The molecule has 1 aliphatic rings. The summed E-state index contributed by atoms with van der Waals surface area (Å²) in [6.07, 6.45) is 15.5. The predicted octanol–water partition coefficient (Wildman–Crippen LogP) is 9.18. The summed E-state index contributed by atoms with van der Waals surface area (Å²) >= 11 is -9.23. The van der Waals surface area contributed by atoms with Crippen LogP contribution in [0.25, 0.3) is 0 Å². The van der Waals surface area contributed by atoms with E-state index in [0.717, 1.165) is 0 Å². The molecule has 1 heterocycles. The van der Waals surface area contributed by atoms with E-state index >= 15 is 0 Å². The van der Waals surface area contributed by atoms with Crippen LogP contribution in [0.3, 0.4) is 0 Å². The van der Waals surface area contributed by atoms with Crippen LogP contribution >= 0.6 is 0 Å². The van der Waals surface area contributed by atoms with Crippen LogP contribution in [0.15, 0.2) is 0 Å². The van der Waals surface area contributed by atoms with Crippen molar-refractivity contribution in [3.8, 4) is 0 Å². The summed E-state index contributed by atoms with van der Waals surface area (Å²) in [4.78, 5) is 0. The number of rotatable bonds is 18. The molecule has 0 unspecified atom stereocenters. The predicted molar refractivity (Wildman–Crippen MR) is 139 cm³/mol. The second-order valence-corrected chi connectivity index (χ2v) is 47.3. The van der Waals surface area contributed by atoms with Gasteiger partial charge in [-0.1, -0.05) is 0 Å². The van der Waals surface area contributed by atoms with Crippen molar-refractivity contribution in [2.45, 2.75) is 145 Å². The van der Waals surface area contributed by atoms with Crippen LogP contribution in [0.5, 0.6) is 0 Å². The van der Waals surface area contributed by atoms with E-state index in [1.54, 1.807) is 0 Å². The monoisotopic (exact) mass is 750 g/mol. The van der Waals surface area contributed by atoms with Crippen molar-refractivity contribution in [3.05, 3.63) is 0 Å². The molecule has 6 heteroatoms. The summed E-state index contributed by atoms with van der Waals surface area (Å²) in [6.45, 7) is 14.0. The molecule has 3 nitrogen and oxygen atoms in total. The van der Waals surface area contributed by atoms with E-state index in [1.165, 1.54) is 104 Å². The first-order valence-electron chi connectivity index (χ1n) is 13.6. The van der Waals surface area contributed by atoms with Gasteiger partial charge < -0.3 is 0 Å². The van der Waals surface area contributed by atoms with Gasteiger partial charge in [0.15, 0.2) is 0 Å². The molecule has 0 aliphatic carbocycles. The molecule has 0 saturated carbocycles. The molecule has 1 rings (SSSR count). The first kappa shape index (κ1) is 30.3. The summed E-state index contributed by atoms with van der Waals surface area (Å²) in [6, 6.07) is 0. The Labute approximate surface area is 205 Å². The second-order valence-electron chi connectivity index (χ2n) is 9.66. The molecule has 0 aromatic rings. The average Bonchev–Trinajstić information content (AvgIpc) is 2.76. The van der Waals surface area contributed by atoms with Crippen molar-refractivity contribution < 1.29 is 4.23 Å². The number of unbranched alkanes of at least 4 members (excludes halogenated alkanes) is 6. The van der Waals surface area contributed by atoms with Crippen molar-refractivity contribution in [1.29, 1.82) is 0 Å². The Balaban J connectivity index is 3.38. The van der Waals surface area contributed by atoms with E-state index < -0.39 is 57.6 Å². The van der Waals surface area contributed by atoms with Crippen LogP contribution in [0.4, 0.5) is 0 Å². The van der Waals surface area contributed by atoms with Gasteiger partial charge in [-0.15, -0.1) is 0 Å². The molecular weight excluding hydrogens is 692 g/mol. The SMILES string of the molecule is CCC[CH2][Sn]1([CH2]CCC)[O][Sn]([CH2]CCC)([CH2]CCC)[O][Sn]([CH2]CCC)([CH2]CCC)[O]1. The first-order valence-corrected chi connectivity index (χ1v) is 32.7. The molecule has 0 amide bonds. The molecule has 0 N–H and O–H groups in total. The van der Waals surface area contributed by atoms with Gasteiger partial charge >= 0.3 is 207 Å². The number of hydrogen-bond acceptors (Lipinski definition) is 3. The third-order valence-electron chi connectivity index (χ3n) is 6.58. The van der Waals surface area contributed by atoms with E-state index in [0.29, 0.717) is 0 Å². The van der Waals surface area contributed by atoms with Crippen molar-refractivity contribution in [1.82, 2.24) is 0 Å². The molecular formula is C24H54O3Sn3. The van der Waals surface area contributed by atoms with Crippen molar-refractivity contribution >= 4 is 57.6 Å². The molecule has 0 atom stereocenters. The van der Waals surface area contributed by atoms with Gasteiger partial charge in [0.2, 0.25) is 0 Å². The zero-order valence-electron chi connectivity index (χ0n) is 21.5. The first-order chi connectivity index (χ1) is 14.5. The van der Waals surface area contributed by atoms with Crippen molar-refractivity contribution in [3.63, 3.8) is 0 Å². The minimum atomic E-state index is -3.08. The zero-order chi connectivity index (χ0) is 22.3. The van der Waals surface area contributed by atoms with E-state index in [2.05, 4.69) is 41.5 Å². The van der Waals surface area contributed by atoms with Crippen molar-refractivity contribution in [2.75, 3.05) is 0 Å². The molecule has 0 bridgehead atoms. The molecule has 0 aromatic heterocycles. The van der Waals surface area contributed by atoms with E-state index in [4.69, 9.17) is 4.23 Å². The van der Waals surface area contributed by atoms with Gasteiger partial charge in [-0.3, -0.25) is 0 Å². The fraction of sp³-hybridized carbons (Fsp3) is 1.00. The maximum atomic E-state index is 7.51. The molecule has 180 valence electrons. The molecule has 30 heavy (non-hydrogen) atoms. The Hall–Kier alpha value is 2.28. The summed E-state index contributed by atoms with van der Waals surface area (Å²) < 4.78 is 30.4. The van der Waals surface area contributed by atoms with Crippen LogP contribution in [-0.2, 0) is 4.23 Å². The Bertz CT molecular complexity index is 336. The van der Waals surface area contributed by atoms with Gasteiger partial charge in [0.05, 0.1) is 0 Å². The van der Waals surface area contributed by atoms with E-state index in [9.17, 15) is 0 Å². The van der Waals surface area contributed by atoms with Crippen LogP contribution in [0.2, 0.25) is 26.6 Å². The third-order valence-corrected chi connectivity index (χ3v) is 74.8. The van der Waals surface area contributed by atoms with Crippen LogP contribution in [0, 0.1) is 0 Å². The Morgan fingerprint density at radius 1 is 0.333 bits per heavy atom. The van der Waals surface area contributed by atoms with Gasteiger partial charge in [-0.2, -0.15) is 0 Å². The van der Waals surface area contributed by atoms with Gasteiger partial charge in [0.1, 0.15) is 0 Å². The summed E-state index contributed by atoms with van der Waals surface area (Å²) in [5, 5.41) is 0. The van der Waals surface area contributed by atoms with Gasteiger partial charge in [0.25, 0.3) is 0 Å². The maximum absolute atomic E-state index is 7.51. The summed E-state index contributed by atoms with van der Waals surface area (Å²) in [7, 11) is 0. The average molecular weight is 747 g/mol. The quantitative estimate of drug-likeness (QED) is 0.131. The normalized spacial score (nSPS) is 19.8. The van der Waals surface area contributed by atoms with Gasteiger partial charge in [-0.05, 0) is 0 Å². The Kier molecular flexibility index (Phi) is 17.0. The summed E-state index contributed by atoms with van der Waals surface area (Å²) in [5.74, 6) is 0. The second kappa shape index (κ2) is 16.8. The number of hydrogen-bond donors (Lipinski definition) is 0. The Morgan fingerprint density at radius 2 is 0.500 bits per heavy atom. The molecule has 1 saturated heterocycles. The molecule has 0 aromatic carbocycles. The van der Waals surface area contributed by atoms with Crippen LogP contribution in [0.1, 0.15) is 119 Å². The molecule has 1 fully saturated rings. The molecule has 0 radical (unpaired) electrons. The fourth-order valence-corrected chi connectivity index (χ4v) is 113. The molecule has 1 aliphatic heterocycles. The van der Waals surface area contributed by atoms with Crippen molar-refractivity contribution in [2.24, 2.45) is 0 Å².